The normalized spacial score (nSPS) is 16.8. The van der Waals surface area contributed by atoms with Crippen molar-refractivity contribution in [3.05, 3.63) is 24.0 Å². The first-order valence-corrected chi connectivity index (χ1v) is 7.92. The topological polar surface area (TPSA) is 70.2 Å². The van der Waals surface area contributed by atoms with Crippen molar-refractivity contribution in [3.8, 4) is 0 Å². The minimum atomic E-state index is -2.64. The average molecular weight is 338 g/mol. The number of halogens is 2. The molecule has 24 heavy (non-hydrogen) atoms. The van der Waals surface area contributed by atoms with Gasteiger partial charge in [0.05, 0.1) is 18.1 Å². The molecule has 0 radical (unpaired) electrons. The fourth-order valence-electron chi connectivity index (χ4n) is 2.98. The molecule has 3 rings (SSSR count). The van der Waals surface area contributed by atoms with Crippen LogP contribution in [0.3, 0.4) is 0 Å². The van der Waals surface area contributed by atoms with Gasteiger partial charge in [-0.05, 0) is 37.0 Å². The molecule has 1 amide bonds. The van der Waals surface area contributed by atoms with E-state index in [-0.39, 0.29) is 11.7 Å². The number of hydroxylamine groups is 2. The molecule has 6 nitrogen and oxygen atoms in total. The van der Waals surface area contributed by atoms with E-state index in [9.17, 15) is 13.6 Å². The molecule has 1 saturated heterocycles. The first-order chi connectivity index (χ1) is 11.5. The zero-order chi connectivity index (χ0) is 17.1. The molecule has 1 fully saturated rings. The summed E-state index contributed by atoms with van der Waals surface area (Å²) in [4.78, 5) is 23.7. The summed E-state index contributed by atoms with van der Waals surface area (Å²) in [6.07, 6.45) is -0.369. The Morgan fingerprint density at radius 1 is 1.46 bits per heavy atom. The highest BCUT2D eigenvalue weighted by Gasteiger charge is 2.21. The minimum absolute atomic E-state index is 0.0705. The first-order valence-electron chi connectivity index (χ1n) is 7.92. The second-order valence-electron chi connectivity index (χ2n) is 5.96. The molecule has 0 saturated carbocycles. The molecule has 1 aliphatic rings. The van der Waals surface area contributed by atoms with E-state index in [1.807, 2.05) is 5.06 Å². The van der Waals surface area contributed by atoms with Crippen LogP contribution in [-0.2, 0) is 9.63 Å². The van der Waals surface area contributed by atoms with E-state index in [1.54, 1.807) is 25.3 Å². The van der Waals surface area contributed by atoms with Crippen molar-refractivity contribution >= 4 is 22.6 Å². The molecule has 1 aliphatic heterocycles. The number of benzene rings is 1. The number of amides is 1. The van der Waals surface area contributed by atoms with Crippen LogP contribution in [-0.4, -0.2) is 41.1 Å². The maximum Gasteiger partial charge on any atom is 0.295 e. The van der Waals surface area contributed by atoms with Crippen molar-refractivity contribution in [1.82, 2.24) is 15.0 Å². The first kappa shape index (κ1) is 16.8. The number of alkyl halides is 2. The monoisotopic (exact) mass is 338 g/mol. The summed E-state index contributed by atoms with van der Waals surface area (Å²) >= 11 is 0. The predicted molar refractivity (Wildman–Crippen MR) is 85.6 cm³/mol. The second kappa shape index (κ2) is 7.23. The van der Waals surface area contributed by atoms with Crippen LogP contribution in [0.1, 0.15) is 31.5 Å². The summed E-state index contributed by atoms with van der Waals surface area (Å²) in [5.41, 5.74) is 1.51. The maximum absolute atomic E-state index is 12.7. The van der Waals surface area contributed by atoms with Crippen molar-refractivity contribution < 1.29 is 18.4 Å². The number of nitrogens with one attached hydrogen (secondary N) is 2. The number of imidazole rings is 1. The highest BCUT2D eigenvalue weighted by Crippen LogP contribution is 2.24. The Morgan fingerprint density at radius 2 is 2.21 bits per heavy atom. The van der Waals surface area contributed by atoms with E-state index in [2.05, 4.69) is 15.3 Å². The fraction of sp³-hybridized carbons (Fsp3) is 0.500. The molecule has 8 heteroatoms. The van der Waals surface area contributed by atoms with Crippen LogP contribution in [0, 0.1) is 5.92 Å². The van der Waals surface area contributed by atoms with Crippen LogP contribution >= 0.6 is 0 Å². The minimum Gasteiger partial charge on any atom is -0.337 e. The van der Waals surface area contributed by atoms with Crippen LogP contribution in [0.2, 0.25) is 0 Å². The molecule has 0 atom stereocenters. The summed E-state index contributed by atoms with van der Waals surface area (Å²) in [6.45, 7) is 1.65. The van der Waals surface area contributed by atoms with Crippen molar-refractivity contribution in [2.24, 2.45) is 5.92 Å². The van der Waals surface area contributed by atoms with Gasteiger partial charge in [-0.15, -0.1) is 0 Å². The lowest BCUT2D eigenvalue weighted by Crippen LogP contribution is -2.34. The quantitative estimate of drug-likeness (QED) is 0.879. The molecule has 1 aromatic heterocycles. The highest BCUT2D eigenvalue weighted by atomic mass is 19.3. The van der Waals surface area contributed by atoms with Crippen molar-refractivity contribution in [3.63, 3.8) is 0 Å². The van der Waals surface area contributed by atoms with Crippen LogP contribution in [0.4, 0.5) is 14.5 Å². The van der Waals surface area contributed by atoms with Gasteiger partial charge in [0.25, 0.3) is 6.43 Å². The molecule has 2 aromatic rings. The number of H-pyrrole nitrogens is 1. The number of hydrogen-bond donors (Lipinski definition) is 2. The fourth-order valence-corrected chi connectivity index (χ4v) is 2.98. The van der Waals surface area contributed by atoms with Gasteiger partial charge in [0.1, 0.15) is 0 Å². The van der Waals surface area contributed by atoms with Crippen LogP contribution in [0.15, 0.2) is 18.2 Å². The summed E-state index contributed by atoms with van der Waals surface area (Å²) < 4.78 is 25.3. The Hall–Kier alpha value is -2.06. The summed E-state index contributed by atoms with van der Waals surface area (Å²) in [5, 5.41) is 4.72. The lowest BCUT2D eigenvalue weighted by Gasteiger charge is -2.29. The Morgan fingerprint density at radius 3 is 2.88 bits per heavy atom. The number of aromatic nitrogens is 2. The molecule has 1 aromatic carbocycles. The van der Waals surface area contributed by atoms with Crippen molar-refractivity contribution in [2.45, 2.75) is 25.7 Å². The van der Waals surface area contributed by atoms with E-state index in [1.165, 1.54) is 0 Å². The van der Waals surface area contributed by atoms with E-state index in [0.29, 0.717) is 29.1 Å². The van der Waals surface area contributed by atoms with E-state index in [0.717, 1.165) is 25.9 Å². The van der Waals surface area contributed by atoms with E-state index >= 15 is 0 Å². The molecule has 130 valence electrons. The molecular weight excluding hydrogens is 318 g/mol. The van der Waals surface area contributed by atoms with Gasteiger partial charge in [-0.2, -0.15) is 5.06 Å². The number of fused-ring (bicyclic) bond motifs is 1. The summed E-state index contributed by atoms with van der Waals surface area (Å²) in [5.74, 6) is -0.102. The van der Waals surface area contributed by atoms with Gasteiger partial charge >= 0.3 is 0 Å². The molecule has 0 unspecified atom stereocenters. The standard InChI is InChI=1S/C16H20F2N4O2/c1-24-22-6-4-10(5-7-22)8-14(23)19-11-2-3-12-13(9-11)21-16(20-12)15(17)18/h2-3,9-10,15H,4-8H2,1H3,(H,19,23)(H,20,21). The lowest BCUT2D eigenvalue weighted by molar-refractivity contribution is -0.149. The SMILES string of the molecule is CON1CCC(CC(=O)Nc2ccc3nc(C(F)F)[nH]c3c2)CC1. The molecular formula is C16H20F2N4O2. The number of hydrogen-bond acceptors (Lipinski definition) is 4. The van der Waals surface area contributed by atoms with Gasteiger partial charge in [-0.1, -0.05) is 0 Å². The number of piperidine rings is 1. The maximum atomic E-state index is 12.7. The van der Waals surface area contributed by atoms with Gasteiger partial charge in [0.15, 0.2) is 5.82 Å². The molecule has 2 N–H and O–H groups in total. The average Bonchev–Trinajstić information content (AvgIpc) is 2.99. The molecule has 0 bridgehead atoms. The third-order valence-corrected chi connectivity index (χ3v) is 4.30. The highest BCUT2D eigenvalue weighted by molar-refractivity contribution is 5.93. The predicted octanol–water partition coefficient (Wildman–Crippen LogP) is 3.10. The number of nitrogens with zero attached hydrogens (tertiary/aromatic N) is 2. The lowest BCUT2D eigenvalue weighted by atomic mass is 9.94. The van der Waals surface area contributed by atoms with Gasteiger partial charge < -0.3 is 15.1 Å². The van der Waals surface area contributed by atoms with Crippen LogP contribution in [0.5, 0.6) is 0 Å². The van der Waals surface area contributed by atoms with Crippen LogP contribution in [0.25, 0.3) is 11.0 Å². The Bertz CT molecular complexity index is 711. The second-order valence-corrected chi connectivity index (χ2v) is 5.96. The number of rotatable bonds is 5. The Labute approximate surface area is 138 Å². The van der Waals surface area contributed by atoms with Gasteiger partial charge in [0.2, 0.25) is 5.91 Å². The number of carbonyl (C=O) groups is 1. The number of carbonyl (C=O) groups excluding carboxylic acids is 1. The number of anilines is 1. The van der Waals surface area contributed by atoms with E-state index in [4.69, 9.17) is 4.84 Å². The van der Waals surface area contributed by atoms with Gasteiger partial charge in [0, 0.05) is 25.2 Å². The zero-order valence-electron chi connectivity index (χ0n) is 13.4. The molecule has 0 aliphatic carbocycles. The van der Waals surface area contributed by atoms with Gasteiger partial charge in [-0.25, -0.2) is 13.8 Å². The van der Waals surface area contributed by atoms with Crippen molar-refractivity contribution in [2.75, 3.05) is 25.5 Å². The van der Waals surface area contributed by atoms with Crippen LogP contribution < -0.4 is 5.32 Å². The third-order valence-electron chi connectivity index (χ3n) is 4.30. The van der Waals surface area contributed by atoms with Crippen molar-refractivity contribution in [1.29, 1.82) is 0 Å². The Kier molecular flexibility index (Phi) is 5.06. The Balaban J connectivity index is 1.59. The largest absolute Gasteiger partial charge is 0.337 e. The van der Waals surface area contributed by atoms with Gasteiger partial charge in [-0.3, -0.25) is 4.79 Å². The third kappa shape index (κ3) is 3.88. The van der Waals surface area contributed by atoms with E-state index < -0.39 is 6.43 Å². The molecule has 2 heterocycles. The number of aromatic amines is 1. The summed E-state index contributed by atoms with van der Waals surface area (Å²) in [6, 6.07) is 4.91. The smallest absolute Gasteiger partial charge is 0.295 e. The molecule has 0 spiro atoms. The summed E-state index contributed by atoms with van der Waals surface area (Å²) in [7, 11) is 1.65. The zero-order valence-corrected chi connectivity index (χ0v) is 13.4.